The highest BCUT2D eigenvalue weighted by Crippen LogP contribution is 2.22. The highest BCUT2D eigenvalue weighted by atomic mass is 19.1. The van der Waals surface area contributed by atoms with Crippen LogP contribution in [0.15, 0.2) is 47.5 Å². The van der Waals surface area contributed by atoms with E-state index in [1.54, 1.807) is 7.05 Å². The molecule has 0 radical (unpaired) electrons. The van der Waals surface area contributed by atoms with Crippen molar-refractivity contribution in [3.05, 3.63) is 70.8 Å². The highest BCUT2D eigenvalue weighted by Gasteiger charge is 2.22. The van der Waals surface area contributed by atoms with Crippen LogP contribution in [0.3, 0.4) is 0 Å². The zero-order chi connectivity index (χ0) is 19.9. The minimum absolute atomic E-state index is 0.119. The minimum atomic E-state index is -0.483. The molecule has 0 unspecified atom stereocenters. The first kappa shape index (κ1) is 19.8. The van der Waals surface area contributed by atoms with Gasteiger partial charge in [0.15, 0.2) is 5.96 Å². The first-order chi connectivity index (χ1) is 13.6. The number of benzene rings is 2. The lowest BCUT2D eigenvalue weighted by atomic mass is 10.1. The Bertz CT molecular complexity index is 844. The number of nitrogens with one attached hydrogen (secondary N) is 2. The molecule has 1 aliphatic rings. The van der Waals surface area contributed by atoms with Crippen LogP contribution in [0.5, 0.6) is 0 Å². The highest BCUT2D eigenvalue weighted by molar-refractivity contribution is 5.80. The molecule has 7 heteroatoms. The molecule has 0 fully saturated rings. The minimum Gasteiger partial charge on any atom is -0.356 e. The number of carbonyl (C=O) groups excluding carboxylic acids is 1. The van der Waals surface area contributed by atoms with E-state index in [2.05, 4.69) is 27.8 Å². The standard InChI is InChI=1S/C21H24F2N4O/c1-24-21(26-12-17-11-18(22)8-9-19(17)23)25-10-4-7-20(28)27-13-15-5-2-3-6-16(15)14-27/h2-3,5-6,8-9,11H,4,7,10,12-14H2,1H3,(H2,24,25,26). The number of aliphatic imine (C=N–C) groups is 1. The summed E-state index contributed by atoms with van der Waals surface area (Å²) >= 11 is 0. The molecule has 2 aromatic rings. The van der Waals surface area contributed by atoms with Crippen molar-refractivity contribution in [2.45, 2.75) is 32.5 Å². The number of fused-ring (bicyclic) bond motifs is 1. The summed E-state index contributed by atoms with van der Waals surface area (Å²) in [5, 5.41) is 6.03. The van der Waals surface area contributed by atoms with Gasteiger partial charge in [-0.1, -0.05) is 24.3 Å². The van der Waals surface area contributed by atoms with Gasteiger partial charge in [-0.3, -0.25) is 9.79 Å². The number of hydrogen-bond donors (Lipinski definition) is 2. The molecule has 0 spiro atoms. The second kappa shape index (κ2) is 9.30. The van der Waals surface area contributed by atoms with Gasteiger partial charge in [-0.2, -0.15) is 0 Å². The van der Waals surface area contributed by atoms with Crippen LogP contribution in [-0.2, 0) is 24.4 Å². The molecular formula is C21H24F2N4O. The summed E-state index contributed by atoms with van der Waals surface area (Å²) in [5.74, 6) is -0.349. The molecule has 3 rings (SSSR count). The average molecular weight is 386 g/mol. The molecule has 0 atom stereocenters. The Kier molecular flexibility index (Phi) is 6.57. The van der Waals surface area contributed by atoms with E-state index in [0.29, 0.717) is 38.4 Å². The van der Waals surface area contributed by atoms with Crippen LogP contribution in [0, 0.1) is 11.6 Å². The van der Waals surface area contributed by atoms with Gasteiger partial charge in [-0.15, -0.1) is 0 Å². The third-order valence-corrected chi connectivity index (χ3v) is 4.73. The number of rotatable bonds is 6. The Morgan fingerprint density at radius 2 is 1.82 bits per heavy atom. The maximum Gasteiger partial charge on any atom is 0.223 e. The van der Waals surface area contributed by atoms with Crippen LogP contribution in [0.1, 0.15) is 29.5 Å². The maximum atomic E-state index is 13.7. The van der Waals surface area contributed by atoms with Gasteiger partial charge in [-0.25, -0.2) is 8.78 Å². The van der Waals surface area contributed by atoms with Crippen molar-refractivity contribution in [3.8, 4) is 0 Å². The molecule has 148 valence electrons. The van der Waals surface area contributed by atoms with Gasteiger partial charge in [0, 0.05) is 45.2 Å². The Morgan fingerprint density at radius 3 is 2.50 bits per heavy atom. The third kappa shape index (κ3) is 5.06. The molecule has 0 aliphatic carbocycles. The van der Waals surface area contributed by atoms with E-state index in [4.69, 9.17) is 0 Å². The van der Waals surface area contributed by atoms with Gasteiger partial charge in [0.2, 0.25) is 5.91 Å². The van der Waals surface area contributed by atoms with Gasteiger partial charge in [0.25, 0.3) is 0 Å². The molecule has 28 heavy (non-hydrogen) atoms. The lowest BCUT2D eigenvalue weighted by Gasteiger charge is -2.16. The van der Waals surface area contributed by atoms with Crippen molar-refractivity contribution in [1.29, 1.82) is 0 Å². The zero-order valence-corrected chi connectivity index (χ0v) is 15.8. The summed E-state index contributed by atoms with van der Waals surface area (Å²) in [6.45, 7) is 2.02. The Labute approximate surface area is 163 Å². The summed E-state index contributed by atoms with van der Waals surface area (Å²) in [4.78, 5) is 18.3. The van der Waals surface area contributed by atoms with Crippen LogP contribution in [0.25, 0.3) is 0 Å². The molecule has 0 saturated carbocycles. The molecule has 0 aromatic heterocycles. The van der Waals surface area contributed by atoms with E-state index >= 15 is 0 Å². The molecule has 1 aliphatic heterocycles. The van der Waals surface area contributed by atoms with Crippen molar-refractivity contribution in [2.75, 3.05) is 13.6 Å². The van der Waals surface area contributed by atoms with Gasteiger partial charge in [0.1, 0.15) is 11.6 Å². The van der Waals surface area contributed by atoms with Gasteiger partial charge in [0.05, 0.1) is 0 Å². The van der Waals surface area contributed by atoms with Crippen molar-refractivity contribution in [1.82, 2.24) is 15.5 Å². The van der Waals surface area contributed by atoms with Crippen molar-refractivity contribution in [2.24, 2.45) is 4.99 Å². The molecular weight excluding hydrogens is 362 g/mol. The van der Waals surface area contributed by atoms with Crippen LogP contribution in [0.2, 0.25) is 0 Å². The van der Waals surface area contributed by atoms with Gasteiger partial charge >= 0.3 is 0 Å². The number of hydrogen-bond acceptors (Lipinski definition) is 2. The number of halogens is 2. The molecule has 2 N–H and O–H groups in total. The molecule has 1 amide bonds. The SMILES string of the molecule is CN=C(NCCCC(=O)N1Cc2ccccc2C1)NCc1cc(F)ccc1F. The second-order valence-electron chi connectivity index (χ2n) is 6.71. The van der Waals surface area contributed by atoms with Crippen LogP contribution in [-0.4, -0.2) is 30.4 Å². The predicted octanol–water partition coefficient (Wildman–Crippen LogP) is 2.95. The topological polar surface area (TPSA) is 56.7 Å². The van der Waals surface area contributed by atoms with E-state index in [-0.39, 0.29) is 18.0 Å². The van der Waals surface area contributed by atoms with Crippen molar-refractivity contribution in [3.63, 3.8) is 0 Å². The van der Waals surface area contributed by atoms with E-state index in [9.17, 15) is 13.6 Å². The molecule has 5 nitrogen and oxygen atoms in total. The lowest BCUT2D eigenvalue weighted by molar-refractivity contribution is -0.131. The van der Waals surface area contributed by atoms with Crippen LogP contribution < -0.4 is 10.6 Å². The fourth-order valence-electron chi connectivity index (χ4n) is 3.19. The van der Waals surface area contributed by atoms with Gasteiger partial charge < -0.3 is 15.5 Å². The first-order valence-electron chi connectivity index (χ1n) is 9.30. The fourth-order valence-corrected chi connectivity index (χ4v) is 3.19. The zero-order valence-electron chi connectivity index (χ0n) is 15.8. The van der Waals surface area contributed by atoms with Gasteiger partial charge in [-0.05, 0) is 35.7 Å². The largest absolute Gasteiger partial charge is 0.356 e. The first-order valence-corrected chi connectivity index (χ1v) is 9.30. The maximum absolute atomic E-state index is 13.7. The quantitative estimate of drug-likeness (QED) is 0.456. The smallest absolute Gasteiger partial charge is 0.223 e. The third-order valence-electron chi connectivity index (χ3n) is 4.73. The van der Waals surface area contributed by atoms with Crippen molar-refractivity contribution < 1.29 is 13.6 Å². The lowest BCUT2D eigenvalue weighted by Crippen LogP contribution is -2.38. The molecule has 1 heterocycles. The fraction of sp³-hybridized carbons (Fsp3) is 0.333. The predicted molar refractivity (Wildman–Crippen MR) is 104 cm³/mol. The summed E-state index contributed by atoms with van der Waals surface area (Å²) < 4.78 is 26.9. The van der Waals surface area contributed by atoms with E-state index in [1.807, 2.05) is 17.0 Å². The number of guanidine groups is 1. The molecule has 2 aromatic carbocycles. The number of amides is 1. The summed E-state index contributed by atoms with van der Waals surface area (Å²) in [5.41, 5.74) is 2.65. The number of nitrogens with zero attached hydrogens (tertiary/aromatic N) is 2. The van der Waals surface area contributed by atoms with Crippen LogP contribution >= 0.6 is 0 Å². The Hall–Kier alpha value is -2.96. The Balaban J connectivity index is 1.38. The van der Waals surface area contributed by atoms with E-state index < -0.39 is 11.6 Å². The average Bonchev–Trinajstić information content (AvgIpc) is 3.14. The van der Waals surface area contributed by atoms with E-state index in [0.717, 1.165) is 18.2 Å². The monoisotopic (exact) mass is 386 g/mol. The summed E-state index contributed by atoms with van der Waals surface area (Å²) in [6.07, 6.45) is 1.09. The Morgan fingerprint density at radius 1 is 1.11 bits per heavy atom. The number of carbonyl (C=O) groups is 1. The molecule has 0 saturated heterocycles. The van der Waals surface area contributed by atoms with Crippen LogP contribution in [0.4, 0.5) is 8.78 Å². The van der Waals surface area contributed by atoms with E-state index in [1.165, 1.54) is 11.1 Å². The summed E-state index contributed by atoms with van der Waals surface area (Å²) in [6, 6.07) is 11.4. The normalized spacial score (nSPS) is 13.4. The van der Waals surface area contributed by atoms with Crippen molar-refractivity contribution >= 4 is 11.9 Å². The second-order valence-corrected chi connectivity index (χ2v) is 6.71. The summed E-state index contributed by atoms with van der Waals surface area (Å²) in [7, 11) is 1.60. The molecule has 0 bridgehead atoms.